The summed E-state index contributed by atoms with van der Waals surface area (Å²) in [5, 5.41) is 0. The zero-order valence-electron chi connectivity index (χ0n) is 95.9. The summed E-state index contributed by atoms with van der Waals surface area (Å²) < 4.78 is 65.3. The summed E-state index contributed by atoms with van der Waals surface area (Å²) in [6.07, 6.45) is 5.62. The van der Waals surface area contributed by atoms with Gasteiger partial charge in [0.15, 0.2) is 0 Å². The van der Waals surface area contributed by atoms with E-state index in [4.69, 9.17) is 4.11 Å². The first-order valence-corrected chi connectivity index (χ1v) is 50.0. The molecule has 0 bridgehead atoms. The Hall–Kier alpha value is -6.45. The normalized spacial score (nSPS) is 13.4. The fourth-order valence-electron chi connectivity index (χ4n) is 17.1. The van der Waals surface area contributed by atoms with Gasteiger partial charge in [-0.3, -0.25) is 0 Å². The molecule has 0 aromatic heterocycles. The van der Waals surface area contributed by atoms with E-state index in [0.717, 1.165) is 79.0 Å². The van der Waals surface area contributed by atoms with Crippen LogP contribution in [0.5, 0.6) is 0 Å². The Bertz CT molecular complexity index is 4530. The zero-order chi connectivity index (χ0) is 103. The third kappa shape index (κ3) is 40.7. The summed E-state index contributed by atoms with van der Waals surface area (Å²) >= 11 is 0. The third-order valence-electron chi connectivity index (χ3n) is 24.7. The first-order chi connectivity index (χ1) is 59.5. The maximum atomic E-state index is 12.9. The molecule has 0 unspecified atom stereocenters. The molecule has 0 N–H and O–H groups in total. The molecule has 8 aromatic carbocycles. The second-order valence-corrected chi connectivity index (χ2v) is 50.3. The molecule has 129 heavy (non-hydrogen) atoms. The molecule has 0 amide bonds. The van der Waals surface area contributed by atoms with Crippen molar-refractivity contribution in [2.24, 2.45) is 16.7 Å². The van der Waals surface area contributed by atoms with Crippen molar-refractivity contribution in [1.82, 2.24) is 0 Å². The molecule has 0 atom stereocenters. The van der Waals surface area contributed by atoms with Gasteiger partial charge in [0.05, 0.1) is 5.41 Å². The molecule has 0 heterocycles. The van der Waals surface area contributed by atoms with E-state index in [9.17, 15) is 13.2 Å². The number of benzene rings is 8. The molecule has 0 aliphatic carbocycles. The molecule has 0 saturated carbocycles. The number of alkyl halides is 3. The summed E-state index contributed by atoms with van der Waals surface area (Å²) in [6.45, 7) is 105. The van der Waals surface area contributed by atoms with Crippen molar-refractivity contribution in [3.05, 3.63) is 282 Å². The van der Waals surface area contributed by atoms with Gasteiger partial charge in [0.1, 0.15) is 0 Å². The molecule has 8 aromatic rings. The Morgan fingerprint density at radius 2 is 0.473 bits per heavy atom. The Labute approximate surface area is 803 Å². The molecule has 0 nitrogen and oxygen atoms in total. The summed E-state index contributed by atoms with van der Waals surface area (Å²) in [5.74, 6) is -0.0785. The van der Waals surface area contributed by atoms with Crippen LogP contribution in [0.25, 0.3) is 0 Å². The fourth-order valence-corrected chi connectivity index (χ4v) is 17.1. The van der Waals surface area contributed by atoms with E-state index in [1.165, 1.54) is 105 Å². The number of hydrogen-bond acceptors (Lipinski definition) is 0. The first-order valence-electron chi connectivity index (χ1n) is 51.5. The van der Waals surface area contributed by atoms with E-state index in [1.807, 2.05) is 32.9 Å². The van der Waals surface area contributed by atoms with E-state index < -0.39 is 29.3 Å². The van der Waals surface area contributed by atoms with Gasteiger partial charge in [-0.1, -0.05) is 514 Å². The van der Waals surface area contributed by atoms with Crippen molar-refractivity contribution in [1.29, 1.82) is 0 Å². The largest absolute Gasteiger partial charge is 0.394 e. The zero-order valence-corrected chi connectivity index (χ0v) is 92.9. The van der Waals surface area contributed by atoms with Gasteiger partial charge in [0, 0.05) is 4.11 Å². The third-order valence-corrected chi connectivity index (χ3v) is 24.7. The minimum atomic E-state index is -4.18. The van der Waals surface area contributed by atoms with E-state index in [-0.39, 0.29) is 66.0 Å². The quantitative estimate of drug-likeness (QED) is 0.0852. The average molecular weight is 1780 g/mol. The monoisotopic (exact) mass is 1770 g/mol. The van der Waals surface area contributed by atoms with Crippen molar-refractivity contribution in [2.45, 2.75) is 492 Å². The van der Waals surface area contributed by atoms with Gasteiger partial charge in [-0.05, 0) is 265 Å². The van der Waals surface area contributed by atoms with Crippen LogP contribution in [-0.4, -0.2) is 6.18 Å². The number of rotatable bonds is 17. The lowest BCUT2D eigenvalue weighted by Crippen LogP contribution is -2.34. The average Bonchev–Trinajstić information content (AvgIpc) is 0.746. The molecular weight excluding hydrogens is 1570 g/mol. The van der Waals surface area contributed by atoms with Gasteiger partial charge in [-0.25, -0.2) is 0 Å². The van der Waals surface area contributed by atoms with Crippen LogP contribution in [0.2, 0.25) is 0 Å². The van der Waals surface area contributed by atoms with Crippen LogP contribution < -0.4 is 0 Å². The van der Waals surface area contributed by atoms with Crippen LogP contribution in [0.4, 0.5) is 13.2 Å². The molecule has 0 aliphatic rings. The van der Waals surface area contributed by atoms with Gasteiger partial charge in [-0.2, -0.15) is 13.2 Å². The maximum Gasteiger partial charge on any atom is 0.394 e. The van der Waals surface area contributed by atoms with E-state index >= 15 is 0 Å². The SMILES string of the molecule is CC(C)(C)Cc1ccccc1C(C)(C)C.CC(C)(C)c1cc(C(C)(C)C)cc(C(C)(C)C)c1.CC(C)(C)c1ccccc1C(C)(C)C.CC(C)(C)c1ccccc1CC(C)(C)C(F)(F)F.CC(C)Cc1ccccc1C(C)(C)C.CCC(CC)c1ccccc1C(C)(C)C.[2H]C(CC)(CC)c1cccc(C([2H])(CC)CC)c1C(C)(C)C.[2H]C(CC)(CC)c1ccccc1C(C)(C)C. The lowest BCUT2D eigenvalue weighted by Gasteiger charge is -2.32. The number of hydrogen-bond donors (Lipinski definition) is 0. The highest BCUT2D eigenvalue weighted by molar-refractivity contribution is 5.46. The molecule has 726 valence electrons. The molecule has 0 saturated heterocycles. The molecule has 8 rings (SSSR count). The maximum absolute atomic E-state index is 12.9. The Kier molecular flexibility index (Phi) is 44.7. The lowest BCUT2D eigenvalue weighted by atomic mass is 9.73. The van der Waals surface area contributed by atoms with Crippen LogP contribution in [0, 0.1) is 16.7 Å². The van der Waals surface area contributed by atoms with Crippen molar-refractivity contribution < 1.29 is 17.3 Å². The summed E-state index contributed by atoms with van der Waals surface area (Å²) in [4.78, 5) is 0. The summed E-state index contributed by atoms with van der Waals surface area (Å²) in [7, 11) is 0. The van der Waals surface area contributed by atoms with E-state index in [1.54, 1.807) is 17.7 Å². The van der Waals surface area contributed by atoms with E-state index in [2.05, 4.69) is 455 Å². The van der Waals surface area contributed by atoms with Gasteiger partial charge in [-0.15, -0.1) is 0 Å². The van der Waals surface area contributed by atoms with Crippen molar-refractivity contribution in [3.63, 3.8) is 0 Å². The van der Waals surface area contributed by atoms with Crippen LogP contribution in [0.1, 0.15) is 512 Å². The summed E-state index contributed by atoms with van der Waals surface area (Å²) in [6, 6.07) is 64.6. The van der Waals surface area contributed by atoms with Crippen LogP contribution in [-0.2, 0) is 78.8 Å². The van der Waals surface area contributed by atoms with Crippen molar-refractivity contribution in [2.75, 3.05) is 0 Å². The van der Waals surface area contributed by atoms with Gasteiger partial charge < -0.3 is 0 Å². The smallest absolute Gasteiger partial charge is 0.171 e. The molecular formula is C126H201F3. The standard InChI is InChI=1S/C20H34.C18H30.C15H21F3.3C15H24.2C14H22/c1-8-15(9-2)17-13-12-14-18(16(10-3)11-4)19(17)20(5,6)7;1-16(2,3)13-10-14(17(4,5)6)12-15(11-13)18(7,8)9;1-13(2,3)12-9-7-6-8-11(12)10-14(4,5)15(16,17)18;1-14(2,3)11-12-9-7-8-10-13(12)15(4,5)6;2*1-6-12(7-2)13-10-8-9-11-14(13)15(3,4)5;1-13(2,3)11-9-7-8-10-12(11)14(4,5)6;1-11(2)10-12-8-6-7-9-13(12)14(3,4)5/h12-16H,8-11H2,1-7H3;10-12H,1-9H3;6-9H,10H2,1-5H3;7-10H,11H2,1-6H3;2*8-12H,6-7H2,1-5H3;7-10H,1-6H3;6-9,11H,10H2,1-5H3/i15D,16D;;;;12D;;;. The highest BCUT2D eigenvalue weighted by atomic mass is 19.4. The van der Waals surface area contributed by atoms with Crippen molar-refractivity contribution >= 4 is 0 Å². The Morgan fingerprint density at radius 3 is 0.729 bits per heavy atom. The van der Waals surface area contributed by atoms with Crippen molar-refractivity contribution in [3.8, 4) is 0 Å². The topological polar surface area (TPSA) is 0 Å². The van der Waals surface area contributed by atoms with Crippen LogP contribution in [0.15, 0.2) is 182 Å². The lowest BCUT2D eigenvalue weighted by molar-refractivity contribution is -0.211. The summed E-state index contributed by atoms with van der Waals surface area (Å²) in [5.41, 5.74) is 24.6. The second-order valence-electron chi connectivity index (χ2n) is 50.3. The highest BCUT2D eigenvalue weighted by Crippen LogP contribution is 2.45. The Balaban J connectivity index is 0.000000757. The minimum Gasteiger partial charge on any atom is -0.171 e. The molecule has 0 spiro atoms. The van der Waals surface area contributed by atoms with Gasteiger partial charge >= 0.3 is 6.18 Å². The molecule has 0 radical (unpaired) electrons. The van der Waals surface area contributed by atoms with Crippen LogP contribution in [0.3, 0.4) is 0 Å². The second kappa shape index (κ2) is 50.2. The highest BCUT2D eigenvalue weighted by Gasteiger charge is 2.47. The first kappa shape index (κ1) is 115. The van der Waals surface area contributed by atoms with Crippen LogP contribution >= 0.6 is 0 Å². The Morgan fingerprint density at radius 1 is 0.240 bits per heavy atom. The predicted octanol–water partition coefficient (Wildman–Crippen LogP) is 40.3. The number of halogens is 3. The minimum absolute atomic E-state index is 0.0178. The van der Waals surface area contributed by atoms with Gasteiger partial charge in [0.25, 0.3) is 0 Å². The molecule has 0 fully saturated rings. The predicted molar refractivity (Wildman–Crippen MR) is 576 cm³/mol. The fraction of sp³-hybridized carbons (Fsp3) is 0.619. The molecule has 0 aliphatic heterocycles. The van der Waals surface area contributed by atoms with Gasteiger partial charge in [0.2, 0.25) is 0 Å². The molecule has 3 heteroatoms. The van der Waals surface area contributed by atoms with E-state index in [0.29, 0.717) is 5.41 Å².